The quantitative estimate of drug-likeness (QED) is 0.705. The lowest BCUT2D eigenvalue weighted by Crippen LogP contribution is -2.13. The molecule has 21 heavy (non-hydrogen) atoms. The maximum absolute atomic E-state index is 9.68. The van der Waals surface area contributed by atoms with Gasteiger partial charge in [0.05, 0.1) is 6.04 Å². The van der Waals surface area contributed by atoms with Crippen molar-refractivity contribution >= 4 is 28.2 Å². The summed E-state index contributed by atoms with van der Waals surface area (Å²) in [5, 5.41) is 14.9. The summed E-state index contributed by atoms with van der Waals surface area (Å²) in [5.74, 6) is 1.37. The average Bonchev–Trinajstić information content (AvgIpc) is 2.53. The number of hydrogen-bond donors (Lipinski definition) is 2. The second-order valence-electron chi connectivity index (χ2n) is 4.83. The summed E-state index contributed by atoms with van der Waals surface area (Å²) in [7, 11) is 0. The Morgan fingerprint density at radius 3 is 2.67 bits per heavy atom. The fraction of sp³-hybridized carbons (Fsp3) is 0.118. The molecule has 1 heterocycles. The van der Waals surface area contributed by atoms with Crippen molar-refractivity contribution < 1.29 is 5.11 Å². The molecule has 0 amide bonds. The first kappa shape index (κ1) is 13.7. The number of alkyl halides is 1. The van der Waals surface area contributed by atoms with Gasteiger partial charge in [0.25, 0.3) is 0 Å². The van der Waals surface area contributed by atoms with E-state index in [-0.39, 0.29) is 11.8 Å². The highest BCUT2D eigenvalue weighted by atomic mass is 35.5. The number of nitrogens with zero attached hydrogens (tertiary/aromatic N) is 1. The summed E-state index contributed by atoms with van der Waals surface area (Å²) in [6.45, 7) is 0. The maximum Gasteiger partial charge on any atom is 0.134 e. The van der Waals surface area contributed by atoms with Crippen LogP contribution in [0.4, 0.5) is 5.82 Å². The predicted octanol–water partition coefficient (Wildman–Crippen LogP) is 4.33. The molecule has 2 N–H and O–H groups in total. The summed E-state index contributed by atoms with van der Waals surface area (Å²) < 4.78 is 0. The zero-order chi connectivity index (χ0) is 14.7. The van der Waals surface area contributed by atoms with E-state index >= 15 is 0 Å². The number of pyridine rings is 1. The third-order valence-corrected chi connectivity index (χ3v) is 3.73. The van der Waals surface area contributed by atoms with Gasteiger partial charge >= 0.3 is 0 Å². The number of rotatable bonds is 4. The molecule has 0 aliphatic heterocycles. The number of halogens is 1. The van der Waals surface area contributed by atoms with Crippen molar-refractivity contribution in [2.45, 2.75) is 6.04 Å². The van der Waals surface area contributed by atoms with E-state index in [2.05, 4.69) is 10.3 Å². The van der Waals surface area contributed by atoms with E-state index in [0.717, 1.165) is 22.2 Å². The standard InChI is InChI=1S/C17H15ClN2O/c18-11-16(13-4-2-1-3-5-13)20-17-15-10-14(21)7-6-12(15)8-9-19-17/h1-10,16,21H,11H2,(H,19,20). The highest BCUT2D eigenvalue weighted by molar-refractivity contribution is 6.18. The van der Waals surface area contributed by atoms with Crippen molar-refractivity contribution in [2.24, 2.45) is 0 Å². The first-order valence-corrected chi connectivity index (χ1v) is 7.26. The van der Waals surface area contributed by atoms with Crippen LogP contribution < -0.4 is 5.32 Å². The molecule has 0 spiro atoms. The van der Waals surface area contributed by atoms with Crippen LogP contribution in [0.2, 0.25) is 0 Å². The van der Waals surface area contributed by atoms with Gasteiger partial charge < -0.3 is 10.4 Å². The van der Waals surface area contributed by atoms with Gasteiger partial charge in [-0.25, -0.2) is 4.98 Å². The molecule has 0 saturated heterocycles. The minimum absolute atomic E-state index is 0.0340. The summed E-state index contributed by atoms with van der Waals surface area (Å²) in [5.41, 5.74) is 1.10. The fourth-order valence-corrected chi connectivity index (χ4v) is 2.59. The lowest BCUT2D eigenvalue weighted by molar-refractivity contribution is 0.476. The van der Waals surface area contributed by atoms with Gasteiger partial charge in [-0.2, -0.15) is 0 Å². The van der Waals surface area contributed by atoms with Gasteiger partial charge in [0.1, 0.15) is 11.6 Å². The van der Waals surface area contributed by atoms with E-state index < -0.39 is 0 Å². The molecule has 0 bridgehead atoms. The maximum atomic E-state index is 9.68. The number of benzene rings is 2. The number of fused-ring (bicyclic) bond motifs is 1. The Hall–Kier alpha value is -2.26. The second-order valence-corrected chi connectivity index (χ2v) is 5.14. The van der Waals surface area contributed by atoms with E-state index in [0.29, 0.717) is 5.88 Å². The van der Waals surface area contributed by atoms with Gasteiger partial charge in [-0.3, -0.25) is 0 Å². The first-order chi connectivity index (χ1) is 10.3. The second kappa shape index (κ2) is 6.02. The van der Waals surface area contributed by atoms with E-state index in [1.54, 1.807) is 18.3 Å². The largest absolute Gasteiger partial charge is 0.508 e. The molecule has 1 atom stereocenters. The molecule has 3 nitrogen and oxygen atoms in total. The molecule has 3 rings (SSSR count). The van der Waals surface area contributed by atoms with Gasteiger partial charge in [0.15, 0.2) is 0 Å². The molecular weight excluding hydrogens is 284 g/mol. The molecule has 1 unspecified atom stereocenters. The third-order valence-electron chi connectivity index (χ3n) is 3.42. The van der Waals surface area contributed by atoms with E-state index in [1.165, 1.54) is 0 Å². The van der Waals surface area contributed by atoms with Gasteiger partial charge in [-0.15, -0.1) is 11.6 Å². The van der Waals surface area contributed by atoms with Crippen LogP contribution in [0.5, 0.6) is 5.75 Å². The lowest BCUT2D eigenvalue weighted by Gasteiger charge is -2.18. The molecule has 0 saturated carbocycles. The molecule has 4 heteroatoms. The molecule has 3 aromatic rings. The van der Waals surface area contributed by atoms with E-state index in [9.17, 15) is 5.11 Å². The first-order valence-electron chi connectivity index (χ1n) is 6.73. The Morgan fingerprint density at radius 2 is 1.90 bits per heavy atom. The van der Waals surface area contributed by atoms with Crippen molar-refractivity contribution in [3.05, 3.63) is 66.4 Å². The normalized spacial score (nSPS) is 12.2. The molecule has 2 aromatic carbocycles. The molecule has 1 aromatic heterocycles. The molecule has 106 valence electrons. The number of phenols is 1. The Morgan fingerprint density at radius 1 is 1.10 bits per heavy atom. The lowest BCUT2D eigenvalue weighted by atomic mass is 10.1. The Bertz CT molecular complexity index is 746. The van der Waals surface area contributed by atoms with E-state index in [1.807, 2.05) is 42.5 Å². The van der Waals surface area contributed by atoms with Crippen molar-refractivity contribution in [3.63, 3.8) is 0 Å². The zero-order valence-electron chi connectivity index (χ0n) is 11.3. The minimum Gasteiger partial charge on any atom is -0.508 e. The minimum atomic E-state index is -0.0340. The number of phenolic OH excluding ortho intramolecular Hbond substituents is 1. The zero-order valence-corrected chi connectivity index (χ0v) is 12.1. The number of nitrogens with one attached hydrogen (secondary N) is 1. The molecular formula is C17H15ClN2O. The van der Waals surface area contributed by atoms with Gasteiger partial charge in [0, 0.05) is 17.5 Å². The smallest absolute Gasteiger partial charge is 0.134 e. The van der Waals surface area contributed by atoms with Crippen LogP contribution in [-0.2, 0) is 0 Å². The number of aromatic nitrogens is 1. The van der Waals surface area contributed by atoms with Crippen LogP contribution >= 0.6 is 11.6 Å². The molecule has 0 aliphatic rings. The van der Waals surface area contributed by atoms with Crippen molar-refractivity contribution in [1.29, 1.82) is 0 Å². The van der Waals surface area contributed by atoms with Gasteiger partial charge in [-0.05, 0) is 29.1 Å². The van der Waals surface area contributed by atoms with Crippen LogP contribution in [0.1, 0.15) is 11.6 Å². The van der Waals surface area contributed by atoms with Crippen LogP contribution in [0.15, 0.2) is 60.8 Å². The number of anilines is 1. The van der Waals surface area contributed by atoms with Gasteiger partial charge in [0.2, 0.25) is 0 Å². The SMILES string of the molecule is Oc1ccc2ccnc(NC(CCl)c3ccccc3)c2c1. The Labute approximate surface area is 128 Å². The highest BCUT2D eigenvalue weighted by Gasteiger charge is 2.12. The summed E-state index contributed by atoms with van der Waals surface area (Å²) in [6, 6.07) is 17.1. The predicted molar refractivity (Wildman–Crippen MR) is 86.9 cm³/mol. The number of aromatic hydroxyl groups is 1. The monoisotopic (exact) mass is 298 g/mol. The highest BCUT2D eigenvalue weighted by Crippen LogP contribution is 2.28. The van der Waals surface area contributed by atoms with Crippen LogP contribution in [0.25, 0.3) is 10.8 Å². The summed E-state index contributed by atoms with van der Waals surface area (Å²) >= 11 is 6.09. The van der Waals surface area contributed by atoms with Crippen molar-refractivity contribution in [3.8, 4) is 5.75 Å². The van der Waals surface area contributed by atoms with Crippen LogP contribution in [0, 0.1) is 0 Å². The topological polar surface area (TPSA) is 45.2 Å². The van der Waals surface area contributed by atoms with Crippen molar-refractivity contribution in [2.75, 3.05) is 11.2 Å². The fourth-order valence-electron chi connectivity index (χ4n) is 2.33. The van der Waals surface area contributed by atoms with E-state index in [4.69, 9.17) is 11.6 Å². The van der Waals surface area contributed by atoms with Crippen molar-refractivity contribution in [1.82, 2.24) is 4.98 Å². The number of hydrogen-bond acceptors (Lipinski definition) is 3. The van der Waals surface area contributed by atoms with Crippen LogP contribution in [-0.4, -0.2) is 16.0 Å². The van der Waals surface area contributed by atoms with Crippen LogP contribution in [0.3, 0.4) is 0 Å². The summed E-state index contributed by atoms with van der Waals surface area (Å²) in [6.07, 6.45) is 1.75. The van der Waals surface area contributed by atoms with Gasteiger partial charge in [-0.1, -0.05) is 36.4 Å². The molecule has 0 radical (unpaired) electrons. The Kier molecular flexibility index (Phi) is 3.93. The average molecular weight is 299 g/mol. The molecule has 0 aliphatic carbocycles. The summed E-state index contributed by atoms with van der Waals surface area (Å²) in [4.78, 5) is 4.38. The molecule has 0 fully saturated rings. The Balaban J connectivity index is 1.99. The third kappa shape index (κ3) is 2.93.